The Bertz CT molecular complexity index is 1540. The van der Waals surface area contributed by atoms with Gasteiger partial charge in [0.05, 0.1) is 30.3 Å². The molecule has 0 saturated heterocycles. The number of nitrogens with zero attached hydrogens (tertiary/aromatic N) is 6. The zero-order valence-electron chi connectivity index (χ0n) is 20.2. The molecule has 1 aliphatic rings. The first-order valence-corrected chi connectivity index (χ1v) is 11.8. The Morgan fingerprint density at radius 2 is 2.03 bits per heavy atom. The normalized spacial score (nSPS) is 12.9. The molecule has 2 N–H and O–H groups in total. The third-order valence-corrected chi connectivity index (χ3v) is 6.20. The van der Waals surface area contributed by atoms with E-state index in [-0.39, 0.29) is 36.5 Å². The predicted octanol–water partition coefficient (Wildman–Crippen LogP) is 5.00. The maximum atomic E-state index is 13.9. The molecule has 1 aliphatic heterocycles. The molecule has 38 heavy (non-hydrogen) atoms. The number of amides is 1. The van der Waals surface area contributed by atoms with Crippen molar-refractivity contribution in [3.63, 3.8) is 0 Å². The van der Waals surface area contributed by atoms with Crippen LogP contribution in [0.3, 0.4) is 0 Å². The van der Waals surface area contributed by atoms with Crippen LogP contribution >= 0.6 is 0 Å². The van der Waals surface area contributed by atoms with Gasteiger partial charge in [-0.1, -0.05) is 6.92 Å². The van der Waals surface area contributed by atoms with Gasteiger partial charge in [-0.15, -0.1) is 0 Å². The molecule has 0 spiro atoms. The molecular formula is C26H21F3N8O. The van der Waals surface area contributed by atoms with E-state index in [1.54, 1.807) is 37.4 Å². The van der Waals surface area contributed by atoms with Crippen molar-refractivity contribution >= 4 is 17.5 Å². The zero-order valence-corrected chi connectivity index (χ0v) is 20.2. The summed E-state index contributed by atoms with van der Waals surface area (Å²) in [5, 5.41) is 18.7. The number of hydrogen-bond acceptors (Lipinski definition) is 7. The van der Waals surface area contributed by atoms with Gasteiger partial charge in [0.1, 0.15) is 18.0 Å². The molecule has 3 aromatic heterocycles. The third-order valence-electron chi connectivity index (χ3n) is 6.20. The Hall–Kier alpha value is -4.79. The van der Waals surface area contributed by atoms with Gasteiger partial charge in [-0.2, -0.15) is 23.5 Å². The Morgan fingerprint density at radius 3 is 2.74 bits per heavy atom. The first-order chi connectivity index (χ1) is 18.3. The number of carbonyl (C=O) groups is 1. The molecule has 0 unspecified atom stereocenters. The summed E-state index contributed by atoms with van der Waals surface area (Å²) in [4.78, 5) is 27.9. The molecule has 9 nitrogen and oxygen atoms in total. The number of hydrogen-bond donors (Lipinski definition) is 2. The number of aromatic amines is 1. The van der Waals surface area contributed by atoms with Gasteiger partial charge in [-0.3, -0.25) is 19.8 Å². The maximum absolute atomic E-state index is 13.9. The number of aromatic nitrogens is 5. The molecular weight excluding hydrogens is 497 g/mol. The quantitative estimate of drug-likeness (QED) is 0.330. The van der Waals surface area contributed by atoms with Crippen molar-refractivity contribution in [2.24, 2.45) is 0 Å². The zero-order chi connectivity index (χ0) is 26.9. The first-order valence-electron chi connectivity index (χ1n) is 11.8. The highest BCUT2D eigenvalue weighted by Gasteiger charge is 2.40. The lowest BCUT2D eigenvalue weighted by molar-refractivity contribution is -0.138. The molecule has 4 heterocycles. The minimum atomic E-state index is -4.61. The van der Waals surface area contributed by atoms with Gasteiger partial charge >= 0.3 is 6.18 Å². The Kier molecular flexibility index (Phi) is 6.50. The number of aryl methyl sites for hydroxylation is 1. The van der Waals surface area contributed by atoms with Crippen LogP contribution in [0.15, 0.2) is 48.9 Å². The molecule has 0 radical (unpaired) electrons. The van der Waals surface area contributed by atoms with E-state index in [0.717, 1.165) is 6.07 Å². The molecule has 192 valence electrons. The Labute approximate surface area is 215 Å². The summed E-state index contributed by atoms with van der Waals surface area (Å²) < 4.78 is 41.7. The van der Waals surface area contributed by atoms with Crippen LogP contribution in [0.1, 0.15) is 40.4 Å². The van der Waals surface area contributed by atoms with Crippen molar-refractivity contribution in [3.8, 4) is 28.7 Å². The second kappa shape index (κ2) is 9.93. The fourth-order valence-corrected chi connectivity index (χ4v) is 4.40. The van der Waals surface area contributed by atoms with Gasteiger partial charge in [0.15, 0.2) is 5.82 Å². The lowest BCUT2D eigenvalue weighted by Crippen LogP contribution is -2.24. The summed E-state index contributed by atoms with van der Waals surface area (Å²) >= 11 is 0. The summed E-state index contributed by atoms with van der Waals surface area (Å²) in [6.45, 7) is 1.75. The molecule has 5 rings (SSSR count). The van der Waals surface area contributed by atoms with E-state index < -0.39 is 17.6 Å². The summed E-state index contributed by atoms with van der Waals surface area (Å²) in [6, 6.07) is 11.5. The average Bonchev–Trinajstić information content (AvgIpc) is 3.56. The minimum Gasteiger partial charge on any atom is -0.369 e. The topological polar surface area (TPSA) is 123 Å². The van der Waals surface area contributed by atoms with E-state index in [4.69, 9.17) is 5.26 Å². The van der Waals surface area contributed by atoms with E-state index in [1.165, 1.54) is 17.3 Å². The van der Waals surface area contributed by atoms with Crippen LogP contribution < -0.4 is 10.2 Å². The van der Waals surface area contributed by atoms with E-state index in [1.807, 2.05) is 6.07 Å². The highest BCUT2D eigenvalue weighted by molar-refractivity contribution is 6.10. The number of nitrogens with one attached hydrogen (secondary N) is 2. The second-order valence-corrected chi connectivity index (χ2v) is 8.58. The predicted molar refractivity (Wildman–Crippen MR) is 133 cm³/mol. The highest BCUT2D eigenvalue weighted by atomic mass is 19.4. The van der Waals surface area contributed by atoms with E-state index >= 15 is 0 Å². The molecule has 0 aliphatic carbocycles. The standard InChI is InChI=1S/C26H21F3N8O/c1-2-15-9-18-19(20(10-15)26(27,28)29)13-37(25(18)38)22-12-16(11-21(35-22)31-8-4-6-30)23-17(5-3-7-32-23)24-33-14-34-36-24/h3,5,7,9-12,14H,2,4,8,13H2,1H3,(H,31,35)(H,33,34,36). The van der Waals surface area contributed by atoms with Crippen molar-refractivity contribution < 1.29 is 18.0 Å². The van der Waals surface area contributed by atoms with Crippen LogP contribution in [0.5, 0.6) is 0 Å². The summed E-state index contributed by atoms with van der Waals surface area (Å²) in [6.07, 6.45) is -1.09. The van der Waals surface area contributed by atoms with E-state index in [9.17, 15) is 18.0 Å². The minimum absolute atomic E-state index is 0.0167. The average molecular weight is 519 g/mol. The van der Waals surface area contributed by atoms with Crippen molar-refractivity contribution in [1.29, 1.82) is 5.26 Å². The van der Waals surface area contributed by atoms with Crippen molar-refractivity contribution in [3.05, 3.63) is 71.2 Å². The van der Waals surface area contributed by atoms with Crippen molar-refractivity contribution in [2.75, 3.05) is 16.8 Å². The number of carbonyl (C=O) groups excluding carboxylic acids is 1. The lowest BCUT2D eigenvalue weighted by atomic mass is 9.98. The molecule has 0 bridgehead atoms. The fraction of sp³-hybridized carbons (Fsp3) is 0.231. The van der Waals surface area contributed by atoms with Crippen LogP contribution in [-0.4, -0.2) is 37.6 Å². The van der Waals surface area contributed by atoms with Crippen LogP contribution in [-0.2, 0) is 19.1 Å². The smallest absolute Gasteiger partial charge is 0.369 e. The number of nitriles is 1. The monoisotopic (exact) mass is 518 g/mol. The van der Waals surface area contributed by atoms with E-state index in [2.05, 4.69) is 30.5 Å². The van der Waals surface area contributed by atoms with Gasteiger partial charge in [0.2, 0.25) is 0 Å². The van der Waals surface area contributed by atoms with Gasteiger partial charge in [0.25, 0.3) is 5.91 Å². The van der Waals surface area contributed by atoms with Crippen LogP contribution in [0, 0.1) is 11.3 Å². The summed E-state index contributed by atoms with van der Waals surface area (Å²) in [5.74, 6) is 0.404. The van der Waals surface area contributed by atoms with Crippen LogP contribution in [0.2, 0.25) is 0 Å². The van der Waals surface area contributed by atoms with Gasteiger partial charge < -0.3 is 5.32 Å². The first kappa shape index (κ1) is 24.9. The fourth-order valence-electron chi connectivity index (χ4n) is 4.40. The molecule has 0 atom stereocenters. The number of fused-ring (bicyclic) bond motifs is 1. The number of benzene rings is 1. The van der Waals surface area contributed by atoms with Crippen molar-refractivity contribution in [2.45, 2.75) is 32.5 Å². The van der Waals surface area contributed by atoms with E-state index in [0.29, 0.717) is 40.4 Å². The number of anilines is 2. The van der Waals surface area contributed by atoms with Crippen LogP contribution in [0.25, 0.3) is 22.6 Å². The van der Waals surface area contributed by atoms with Crippen molar-refractivity contribution in [1.82, 2.24) is 25.1 Å². The molecule has 4 aromatic rings. The van der Waals surface area contributed by atoms with Gasteiger partial charge in [-0.05, 0) is 53.9 Å². The number of pyridine rings is 2. The number of H-pyrrole nitrogens is 1. The number of rotatable bonds is 7. The number of halogens is 3. The second-order valence-electron chi connectivity index (χ2n) is 8.58. The highest BCUT2D eigenvalue weighted by Crippen LogP contribution is 2.40. The lowest BCUT2D eigenvalue weighted by Gasteiger charge is -2.18. The Balaban J connectivity index is 1.62. The Morgan fingerprint density at radius 1 is 1.18 bits per heavy atom. The third kappa shape index (κ3) is 4.66. The van der Waals surface area contributed by atoms with Crippen LogP contribution in [0.4, 0.5) is 24.8 Å². The summed E-state index contributed by atoms with van der Waals surface area (Å²) in [7, 11) is 0. The molecule has 0 saturated carbocycles. The molecule has 0 fully saturated rings. The summed E-state index contributed by atoms with van der Waals surface area (Å²) in [5.41, 5.74) is 1.24. The maximum Gasteiger partial charge on any atom is 0.416 e. The molecule has 12 heteroatoms. The van der Waals surface area contributed by atoms with Gasteiger partial charge in [-0.25, -0.2) is 9.97 Å². The van der Waals surface area contributed by atoms with Gasteiger partial charge in [0, 0.05) is 29.4 Å². The SMILES string of the molecule is CCc1cc2c(c(C(F)(F)F)c1)CN(c1cc(-c3ncccc3-c3ncn[nH]3)cc(NCCC#N)n1)C2=O. The largest absolute Gasteiger partial charge is 0.416 e. The molecule has 1 amide bonds. The number of alkyl halides is 3. The molecule has 1 aromatic carbocycles.